The lowest BCUT2D eigenvalue weighted by Crippen LogP contribution is -2.42. The van der Waals surface area contributed by atoms with Crippen LogP contribution in [0.3, 0.4) is 0 Å². The minimum absolute atomic E-state index is 0.311. The smallest absolute Gasteiger partial charge is 0.262 e. The zero-order valence-corrected chi connectivity index (χ0v) is 16.5. The summed E-state index contributed by atoms with van der Waals surface area (Å²) in [6.07, 6.45) is 3.42. The van der Waals surface area contributed by atoms with Gasteiger partial charge < -0.3 is 14.6 Å². The van der Waals surface area contributed by atoms with Gasteiger partial charge in [0.15, 0.2) is 0 Å². The van der Waals surface area contributed by atoms with Crippen LogP contribution in [0.25, 0.3) is 0 Å². The van der Waals surface area contributed by atoms with Crippen LogP contribution in [0.15, 0.2) is 60.9 Å². The predicted molar refractivity (Wildman–Crippen MR) is 108 cm³/mol. The van der Waals surface area contributed by atoms with Crippen LogP contribution in [-0.2, 0) is 11.8 Å². The van der Waals surface area contributed by atoms with E-state index in [0.717, 1.165) is 10.5 Å². The molecule has 1 aromatic heterocycles. The number of imide groups is 1. The van der Waals surface area contributed by atoms with E-state index >= 15 is 0 Å². The third kappa shape index (κ3) is 3.43. The molecule has 1 N–H and O–H groups in total. The van der Waals surface area contributed by atoms with Crippen molar-refractivity contribution in [1.29, 1.82) is 0 Å². The average Bonchev–Trinajstić information content (AvgIpc) is 3.29. The van der Waals surface area contributed by atoms with Gasteiger partial charge in [0.2, 0.25) is 5.91 Å². The Labute approximate surface area is 173 Å². The van der Waals surface area contributed by atoms with E-state index in [1.54, 1.807) is 60.5 Å². The number of aryl methyl sites for hydroxylation is 1. The maximum Gasteiger partial charge on any atom is 0.262 e. The predicted octanol–water partition coefficient (Wildman–Crippen LogP) is 1.93. The Morgan fingerprint density at radius 1 is 1.07 bits per heavy atom. The first-order chi connectivity index (χ1) is 14.5. The van der Waals surface area contributed by atoms with Crippen LogP contribution < -0.4 is 10.1 Å². The van der Waals surface area contributed by atoms with Crippen molar-refractivity contribution in [2.75, 3.05) is 13.7 Å². The van der Waals surface area contributed by atoms with Gasteiger partial charge in [0.25, 0.3) is 11.8 Å². The van der Waals surface area contributed by atoms with Gasteiger partial charge in [-0.25, -0.2) is 4.98 Å². The van der Waals surface area contributed by atoms with Crippen molar-refractivity contribution in [2.24, 2.45) is 7.05 Å². The molecule has 1 unspecified atom stereocenters. The summed E-state index contributed by atoms with van der Waals surface area (Å²) in [7, 11) is 3.41. The van der Waals surface area contributed by atoms with E-state index in [2.05, 4.69) is 10.3 Å². The summed E-state index contributed by atoms with van der Waals surface area (Å²) in [6, 6.07) is 13.2. The highest BCUT2D eigenvalue weighted by Crippen LogP contribution is 2.24. The first kappa shape index (κ1) is 19.4. The first-order valence-electron chi connectivity index (χ1n) is 9.35. The number of rotatable bonds is 6. The SMILES string of the molecule is COc1ccc(C(NC(=O)CN2C(=O)c3ccccc3C2=O)c2nccn2C)cc1. The zero-order chi connectivity index (χ0) is 21.3. The maximum atomic E-state index is 12.8. The van der Waals surface area contributed by atoms with Gasteiger partial charge in [-0.05, 0) is 29.8 Å². The van der Waals surface area contributed by atoms with Crippen LogP contribution in [0.2, 0.25) is 0 Å². The molecule has 8 heteroatoms. The third-order valence-electron chi connectivity index (χ3n) is 5.05. The average molecular weight is 404 g/mol. The quantitative estimate of drug-likeness (QED) is 0.634. The summed E-state index contributed by atoms with van der Waals surface area (Å²) < 4.78 is 7.00. The molecule has 0 aliphatic carbocycles. The Morgan fingerprint density at radius 2 is 1.70 bits per heavy atom. The van der Waals surface area contributed by atoms with E-state index in [-0.39, 0.29) is 6.54 Å². The molecular weight excluding hydrogens is 384 g/mol. The van der Waals surface area contributed by atoms with E-state index in [0.29, 0.717) is 22.7 Å². The fourth-order valence-electron chi connectivity index (χ4n) is 3.48. The summed E-state index contributed by atoms with van der Waals surface area (Å²) in [5.41, 5.74) is 1.41. The van der Waals surface area contributed by atoms with Crippen LogP contribution in [0.5, 0.6) is 5.75 Å². The Bertz CT molecular complexity index is 1090. The van der Waals surface area contributed by atoms with Gasteiger partial charge in [-0.2, -0.15) is 0 Å². The molecular formula is C22H20N4O4. The van der Waals surface area contributed by atoms with Gasteiger partial charge in [0.1, 0.15) is 24.2 Å². The summed E-state index contributed by atoms with van der Waals surface area (Å²) in [5, 5.41) is 2.90. The van der Waals surface area contributed by atoms with Crippen LogP contribution in [0.1, 0.15) is 38.1 Å². The highest BCUT2D eigenvalue weighted by Gasteiger charge is 2.36. The van der Waals surface area contributed by atoms with Crippen LogP contribution >= 0.6 is 0 Å². The number of ether oxygens (including phenoxy) is 1. The molecule has 0 saturated heterocycles. The number of benzene rings is 2. The monoisotopic (exact) mass is 404 g/mol. The molecule has 8 nitrogen and oxygen atoms in total. The van der Waals surface area contributed by atoms with Crippen molar-refractivity contribution in [1.82, 2.24) is 19.8 Å². The van der Waals surface area contributed by atoms with E-state index < -0.39 is 23.8 Å². The summed E-state index contributed by atoms with van der Waals surface area (Å²) in [5.74, 6) is -0.0913. The van der Waals surface area contributed by atoms with E-state index in [1.807, 2.05) is 19.2 Å². The Kier molecular flexibility index (Phi) is 5.05. The molecule has 1 aliphatic rings. The largest absolute Gasteiger partial charge is 0.497 e. The fourth-order valence-corrected chi connectivity index (χ4v) is 3.48. The van der Waals surface area contributed by atoms with Gasteiger partial charge in [-0.15, -0.1) is 0 Å². The number of nitrogens with one attached hydrogen (secondary N) is 1. The Morgan fingerprint density at radius 3 is 2.23 bits per heavy atom. The molecule has 2 aromatic carbocycles. The fraction of sp³-hybridized carbons (Fsp3) is 0.182. The van der Waals surface area contributed by atoms with Crippen molar-refractivity contribution in [2.45, 2.75) is 6.04 Å². The molecule has 0 bridgehead atoms. The number of nitrogens with zero attached hydrogens (tertiary/aromatic N) is 3. The van der Waals surface area contributed by atoms with Crippen LogP contribution in [-0.4, -0.2) is 45.8 Å². The standard InChI is InChI=1S/C22H20N4O4/c1-25-12-11-23-20(25)19(14-7-9-15(30-2)10-8-14)24-18(27)13-26-21(28)16-5-3-4-6-17(16)22(26)29/h3-12,19H,13H2,1-2H3,(H,24,27). The second-order valence-corrected chi connectivity index (χ2v) is 6.91. The number of imidazole rings is 1. The van der Waals surface area contributed by atoms with Crippen molar-refractivity contribution in [3.8, 4) is 5.75 Å². The Balaban J connectivity index is 1.56. The summed E-state index contributed by atoms with van der Waals surface area (Å²) >= 11 is 0. The van der Waals surface area contributed by atoms with Crippen molar-refractivity contribution < 1.29 is 19.1 Å². The van der Waals surface area contributed by atoms with Crippen molar-refractivity contribution in [3.63, 3.8) is 0 Å². The lowest BCUT2D eigenvalue weighted by Gasteiger charge is -2.21. The van der Waals surface area contributed by atoms with Crippen molar-refractivity contribution >= 4 is 17.7 Å². The van der Waals surface area contributed by atoms with Gasteiger partial charge in [0.05, 0.1) is 18.2 Å². The molecule has 2 heterocycles. The molecule has 152 valence electrons. The highest BCUT2D eigenvalue weighted by atomic mass is 16.5. The number of hydrogen-bond acceptors (Lipinski definition) is 5. The zero-order valence-electron chi connectivity index (χ0n) is 16.5. The number of fused-ring (bicyclic) bond motifs is 1. The number of hydrogen-bond donors (Lipinski definition) is 1. The van der Waals surface area contributed by atoms with Gasteiger partial charge in [0, 0.05) is 19.4 Å². The highest BCUT2D eigenvalue weighted by molar-refractivity contribution is 6.22. The number of methoxy groups -OCH3 is 1. The number of carbonyl (C=O) groups is 3. The van der Waals surface area contributed by atoms with E-state index in [4.69, 9.17) is 4.74 Å². The third-order valence-corrected chi connectivity index (χ3v) is 5.05. The first-order valence-corrected chi connectivity index (χ1v) is 9.35. The second kappa shape index (κ2) is 7.82. The van der Waals surface area contributed by atoms with Crippen LogP contribution in [0, 0.1) is 0 Å². The molecule has 0 radical (unpaired) electrons. The minimum atomic E-state index is -0.557. The normalized spacial score (nSPS) is 13.9. The molecule has 4 rings (SSSR count). The summed E-state index contributed by atoms with van der Waals surface area (Å²) in [6.45, 7) is -0.372. The molecule has 1 aliphatic heterocycles. The molecule has 3 aromatic rings. The minimum Gasteiger partial charge on any atom is -0.497 e. The molecule has 3 amide bonds. The second-order valence-electron chi connectivity index (χ2n) is 6.91. The van der Waals surface area contributed by atoms with Gasteiger partial charge in [-0.1, -0.05) is 24.3 Å². The van der Waals surface area contributed by atoms with Crippen LogP contribution in [0.4, 0.5) is 0 Å². The summed E-state index contributed by atoms with van der Waals surface area (Å²) in [4.78, 5) is 43.2. The van der Waals surface area contributed by atoms with Crippen molar-refractivity contribution in [3.05, 3.63) is 83.4 Å². The number of aromatic nitrogens is 2. The topological polar surface area (TPSA) is 93.5 Å². The molecule has 0 spiro atoms. The lowest BCUT2D eigenvalue weighted by molar-refractivity contribution is -0.122. The molecule has 30 heavy (non-hydrogen) atoms. The molecule has 0 fully saturated rings. The van der Waals surface area contributed by atoms with E-state index in [1.165, 1.54) is 0 Å². The number of amides is 3. The maximum absolute atomic E-state index is 12.8. The van der Waals surface area contributed by atoms with Gasteiger partial charge >= 0.3 is 0 Å². The Hall–Kier alpha value is -3.94. The van der Waals surface area contributed by atoms with E-state index in [9.17, 15) is 14.4 Å². The molecule has 0 saturated carbocycles. The number of carbonyl (C=O) groups excluding carboxylic acids is 3. The van der Waals surface area contributed by atoms with Gasteiger partial charge in [-0.3, -0.25) is 19.3 Å². The lowest BCUT2D eigenvalue weighted by atomic mass is 10.1. The molecule has 1 atom stereocenters.